The standard InChI is InChI=1S/C29H26N4O5/c1-37-25-13-19(15-30)23(14-26(25)38-2)31-27(34)17-32-12-11-18-7-3-4-8-20(18)24(32)16-33-28(35)21-9-5-6-10-22(21)29(33)36/h3-10,13-14,24H,11-12,16-17H2,1-2H3,(H,31,34)/t24-/m0/s1. The van der Waals surface area contributed by atoms with Crippen molar-refractivity contribution in [2.24, 2.45) is 0 Å². The number of anilines is 1. The first-order valence-corrected chi connectivity index (χ1v) is 12.2. The number of nitriles is 1. The summed E-state index contributed by atoms with van der Waals surface area (Å²) in [7, 11) is 2.95. The Bertz CT molecular complexity index is 1440. The van der Waals surface area contributed by atoms with Crippen molar-refractivity contribution < 1.29 is 23.9 Å². The molecule has 192 valence electrons. The molecule has 9 nitrogen and oxygen atoms in total. The molecule has 0 fully saturated rings. The highest BCUT2D eigenvalue weighted by Crippen LogP contribution is 2.35. The normalized spacial score (nSPS) is 16.4. The number of nitrogens with one attached hydrogen (secondary N) is 1. The SMILES string of the molecule is COc1cc(C#N)c(NC(=O)CN2CCc3ccccc3[C@@H]2CN2C(=O)c3ccccc3C2=O)cc1OC. The van der Waals surface area contributed by atoms with Crippen LogP contribution in [-0.2, 0) is 11.2 Å². The molecule has 0 spiro atoms. The van der Waals surface area contributed by atoms with E-state index in [0.29, 0.717) is 34.9 Å². The Balaban J connectivity index is 1.40. The topological polar surface area (TPSA) is 112 Å². The van der Waals surface area contributed by atoms with Crippen molar-refractivity contribution in [2.75, 3.05) is 39.2 Å². The largest absolute Gasteiger partial charge is 0.493 e. The van der Waals surface area contributed by atoms with Crippen LogP contribution in [0.15, 0.2) is 60.7 Å². The van der Waals surface area contributed by atoms with E-state index in [4.69, 9.17) is 9.47 Å². The van der Waals surface area contributed by atoms with Crippen LogP contribution in [0.4, 0.5) is 5.69 Å². The third-order valence-electron chi connectivity index (χ3n) is 7.02. The number of ether oxygens (including phenoxy) is 2. The highest BCUT2D eigenvalue weighted by Gasteiger charge is 2.39. The lowest BCUT2D eigenvalue weighted by molar-refractivity contribution is -0.118. The Morgan fingerprint density at radius 1 is 1.00 bits per heavy atom. The second-order valence-electron chi connectivity index (χ2n) is 9.11. The summed E-state index contributed by atoms with van der Waals surface area (Å²) in [6, 6.07) is 19.5. The van der Waals surface area contributed by atoms with Gasteiger partial charge in [-0.1, -0.05) is 36.4 Å². The molecule has 2 aliphatic heterocycles. The predicted octanol–water partition coefficient (Wildman–Crippen LogP) is 3.41. The van der Waals surface area contributed by atoms with Gasteiger partial charge in [-0.15, -0.1) is 0 Å². The number of methoxy groups -OCH3 is 2. The van der Waals surface area contributed by atoms with Gasteiger partial charge in [0.25, 0.3) is 11.8 Å². The van der Waals surface area contributed by atoms with E-state index >= 15 is 0 Å². The molecule has 3 aromatic rings. The van der Waals surface area contributed by atoms with Gasteiger partial charge in [0.2, 0.25) is 5.91 Å². The van der Waals surface area contributed by atoms with Crippen LogP contribution in [0, 0.1) is 11.3 Å². The van der Waals surface area contributed by atoms with Crippen molar-refractivity contribution in [1.29, 1.82) is 5.26 Å². The Morgan fingerprint density at radius 3 is 2.29 bits per heavy atom. The van der Waals surface area contributed by atoms with Gasteiger partial charge >= 0.3 is 0 Å². The van der Waals surface area contributed by atoms with E-state index < -0.39 is 0 Å². The van der Waals surface area contributed by atoms with Gasteiger partial charge in [0.1, 0.15) is 6.07 Å². The van der Waals surface area contributed by atoms with E-state index in [2.05, 4.69) is 11.4 Å². The number of rotatable bonds is 7. The van der Waals surface area contributed by atoms with E-state index in [1.54, 1.807) is 30.3 Å². The monoisotopic (exact) mass is 510 g/mol. The van der Waals surface area contributed by atoms with E-state index in [9.17, 15) is 19.6 Å². The van der Waals surface area contributed by atoms with Crippen LogP contribution in [-0.4, -0.2) is 61.4 Å². The maximum absolute atomic E-state index is 13.2. The fourth-order valence-electron chi connectivity index (χ4n) is 5.13. The van der Waals surface area contributed by atoms with Gasteiger partial charge in [0.05, 0.1) is 49.2 Å². The minimum Gasteiger partial charge on any atom is -0.493 e. The molecule has 2 heterocycles. The third-order valence-corrected chi connectivity index (χ3v) is 7.02. The highest BCUT2D eigenvalue weighted by molar-refractivity contribution is 6.21. The summed E-state index contributed by atoms with van der Waals surface area (Å²) >= 11 is 0. The van der Waals surface area contributed by atoms with Crippen molar-refractivity contribution in [3.8, 4) is 17.6 Å². The van der Waals surface area contributed by atoms with Crippen LogP contribution in [0.1, 0.15) is 43.4 Å². The Labute approximate surface area is 220 Å². The van der Waals surface area contributed by atoms with Gasteiger partial charge in [0.15, 0.2) is 11.5 Å². The summed E-state index contributed by atoms with van der Waals surface area (Å²) in [6.07, 6.45) is 0.724. The number of hydrogen-bond acceptors (Lipinski definition) is 7. The van der Waals surface area contributed by atoms with Gasteiger partial charge in [-0.25, -0.2) is 0 Å². The van der Waals surface area contributed by atoms with Crippen molar-refractivity contribution in [3.63, 3.8) is 0 Å². The molecule has 9 heteroatoms. The molecule has 0 saturated carbocycles. The van der Waals surface area contributed by atoms with Gasteiger partial charge in [0, 0.05) is 25.2 Å². The third kappa shape index (κ3) is 4.46. The van der Waals surface area contributed by atoms with Crippen LogP contribution < -0.4 is 14.8 Å². The number of carbonyl (C=O) groups excluding carboxylic acids is 3. The first kappa shape index (κ1) is 25.0. The number of nitrogens with zero attached hydrogens (tertiary/aromatic N) is 3. The van der Waals surface area contributed by atoms with Crippen molar-refractivity contribution in [1.82, 2.24) is 9.80 Å². The lowest BCUT2D eigenvalue weighted by atomic mass is 9.92. The fourth-order valence-corrected chi connectivity index (χ4v) is 5.13. The highest BCUT2D eigenvalue weighted by atomic mass is 16.5. The first-order valence-electron chi connectivity index (χ1n) is 12.2. The van der Waals surface area contributed by atoms with Crippen molar-refractivity contribution in [3.05, 3.63) is 88.5 Å². The molecule has 3 amide bonds. The van der Waals surface area contributed by atoms with E-state index in [0.717, 1.165) is 17.5 Å². The Kier molecular flexibility index (Phi) is 6.81. The number of imide groups is 1. The lowest BCUT2D eigenvalue weighted by Gasteiger charge is -2.38. The summed E-state index contributed by atoms with van der Waals surface area (Å²) in [5, 5.41) is 12.4. The maximum atomic E-state index is 13.2. The van der Waals surface area contributed by atoms with Crippen LogP contribution >= 0.6 is 0 Å². The number of amides is 3. The first-order chi connectivity index (χ1) is 18.4. The van der Waals surface area contributed by atoms with E-state index in [-0.39, 0.29) is 42.4 Å². The van der Waals surface area contributed by atoms with Gasteiger partial charge in [-0.3, -0.25) is 24.2 Å². The second-order valence-corrected chi connectivity index (χ2v) is 9.11. The minimum absolute atomic E-state index is 0.00137. The van der Waals surface area contributed by atoms with Gasteiger partial charge in [-0.05, 0) is 29.7 Å². The molecule has 0 aliphatic carbocycles. The number of fused-ring (bicyclic) bond motifs is 2. The predicted molar refractivity (Wildman–Crippen MR) is 139 cm³/mol. The fraction of sp³-hybridized carbons (Fsp3) is 0.241. The zero-order valence-electron chi connectivity index (χ0n) is 21.1. The summed E-state index contributed by atoms with van der Waals surface area (Å²) in [5.74, 6) is -0.225. The molecule has 0 saturated heterocycles. The smallest absolute Gasteiger partial charge is 0.261 e. The van der Waals surface area contributed by atoms with Crippen molar-refractivity contribution >= 4 is 23.4 Å². The molecule has 1 atom stereocenters. The second kappa shape index (κ2) is 10.4. The van der Waals surface area contributed by atoms with Gasteiger partial charge < -0.3 is 14.8 Å². The average Bonchev–Trinajstić information content (AvgIpc) is 3.18. The molecule has 0 radical (unpaired) electrons. The lowest BCUT2D eigenvalue weighted by Crippen LogP contribution is -2.46. The summed E-state index contributed by atoms with van der Waals surface area (Å²) in [6.45, 7) is 0.688. The average molecular weight is 511 g/mol. The number of hydrogen-bond donors (Lipinski definition) is 1. The zero-order valence-corrected chi connectivity index (χ0v) is 21.1. The maximum Gasteiger partial charge on any atom is 0.261 e. The molecule has 0 bridgehead atoms. The summed E-state index contributed by atoms with van der Waals surface area (Å²) in [5.41, 5.74) is 3.43. The molecule has 3 aromatic carbocycles. The number of carbonyl (C=O) groups is 3. The van der Waals surface area contributed by atoms with Crippen LogP contribution in [0.5, 0.6) is 11.5 Å². The van der Waals surface area contributed by atoms with Crippen LogP contribution in [0.3, 0.4) is 0 Å². The van der Waals surface area contributed by atoms with Crippen molar-refractivity contribution in [2.45, 2.75) is 12.5 Å². The van der Waals surface area contributed by atoms with Gasteiger partial charge in [-0.2, -0.15) is 5.26 Å². The molecule has 38 heavy (non-hydrogen) atoms. The molecule has 0 unspecified atom stereocenters. The molecular formula is C29H26N4O5. The Morgan fingerprint density at radius 2 is 1.63 bits per heavy atom. The van der Waals surface area contributed by atoms with Crippen LogP contribution in [0.25, 0.3) is 0 Å². The molecule has 2 aliphatic rings. The Hall–Kier alpha value is -4.68. The summed E-state index contributed by atoms with van der Waals surface area (Å²) in [4.78, 5) is 42.7. The minimum atomic E-state index is -0.367. The molecule has 1 N–H and O–H groups in total. The summed E-state index contributed by atoms with van der Waals surface area (Å²) < 4.78 is 10.6. The van der Waals surface area contributed by atoms with Crippen LogP contribution in [0.2, 0.25) is 0 Å². The zero-order chi connectivity index (χ0) is 26.8. The number of benzene rings is 3. The quantitative estimate of drug-likeness (QED) is 0.485. The van der Waals surface area contributed by atoms with E-state index in [1.807, 2.05) is 29.2 Å². The molecule has 5 rings (SSSR count). The molecule has 0 aromatic heterocycles. The van der Waals surface area contributed by atoms with E-state index in [1.165, 1.54) is 25.2 Å². The molecular weight excluding hydrogens is 484 g/mol.